The Kier molecular flexibility index (Phi) is 3.81. The lowest BCUT2D eigenvalue weighted by atomic mass is 10.1. The number of likely N-dealkylation sites (tertiary alicyclic amines) is 1. The zero-order valence-electron chi connectivity index (χ0n) is 13.2. The van der Waals surface area contributed by atoms with Crippen molar-refractivity contribution in [3.63, 3.8) is 0 Å². The number of nitrogens with zero attached hydrogens (tertiary/aromatic N) is 4. The number of amides is 1. The van der Waals surface area contributed by atoms with Gasteiger partial charge in [-0.05, 0) is 18.6 Å². The van der Waals surface area contributed by atoms with E-state index in [0.29, 0.717) is 41.3 Å². The average molecular weight is 362 g/mol. The Morgan fingerprint density at radius 3 is 3.00 bits per heavy atom. The first-order valence-corrected chi connectivity index (χ1v) is 8.24. The summed E-state index contributed by atoms with van der Waals surface area (Å²) in [5.41, 5.74) is 7.37. The zero-order chi connectivity index (χ0) is 17.6. The maximum absolute atomic E-state index is 12.8. The first-order valence-electron chi connectivity index (χ1n) is 7.86. The molecule has 1 aliphatic rings. The number of rotatable bonds is 3. The first-order chi connectivity index (χ1) is 12.0. The lowest BCUT2D eigenvalue weighted by Gasteiger charge is -2.17. The van der Waals surface area contributed by atoms with Crippen molar-refractivity contribution in [3.8, 4) is 0 Å². The van der Waals surface area contributed by atoms with Gasteiger partial charge in [-0.15, -0.1) is 5.10 Å². The quantitative estimate of drug-likeness (QED) is 0.631. The second-order valence-electron chi connectivity index (χ2n) is 6.05. The minimum absolute atomic E-state index is 0.0722. The van der Waals surface area contributed by atoms with Gasteiger partial charge >= 0.3 is 5.69 Å². The second-order valence-corrected chi connectivity index (χ2v) is 6.45. The van der Waals surface area contributed by atoms with E-state index in [1.807, 2.05) is 6.20 Å². The van der Waals surface area contributed by atoms with E-state index in [9.17, 15) is 9.59 Å². The number of carbonyl (C=O) groups is 1. The molecule has 25 heavy (non-hydrogen) atoms. The van der Waals surface area contributed by atoms with Gasteiger partial charge in [-0.2, -0.15) is 0 Å². The predicted molar refractivity (Wildman–Crippen MR) is 91.4 cm³/mol. The standard InChI is InChI=1S/C15H16ClN7O2/c16-11-3-8(4-12-13(11)19-15(25)18-12)14(24)22-2-1-10(7-22)23-6-9(5-17)20-21-23/h3-4,6,10H,1-2,5,7,17H2,(H2,18,19,25). The van der Waals surface area contributed by atoms with Crippen LogP contribution in [0.2, 0.25) is 5.02 Å². The number of halogens is 1. The van der Waals surface area contributed by atoms with Gasteiger partial charge in [0.2, 0.25) is 0 Å². The molecular formula is C15H16ClN7O2. The number of hydrogen-bond acceptors (Lipinski definition) is 5. The van der Waals surface area contributed by atoms with Crippen molar-refractivity contribution < 1.29 is 4.79 Å². The van der Waals surface area contributed by atoms with E-state index in [1.165, 1.54) is 0 Å². The van der Waals surface area contributed by atoms with Crippen LogP contribution in [-0.4, -0.2) is 48.9 Å². The molecule has 1 amide bonds. The van der Waals surface area contributed by atoms with E-state index in [4.69, 9.17) is 17.3 Å². The van der Waals surface area contributed by atoms with Gasteiger partial charge in [-0.1, -0.05) is 16.8 Å². The number of fused-ring (bicyclic) bond motifs is 1. The summed E-state index contributed by atoms with van der Waals surface area (Å²) in [5, 5.41) is 8.39. The van der Waals surface area contributed by atoms with Crippen LogP contribution in [0.25, 0.3) is 11.0 Å². The van der Waals surface area contributed by atoms with Gasteiger partial charge in [0.25, 0.3) is 5.91 Å². The van der Waals surface area contributed by atoms with Crippen LogP contribution < -0.4 is 11.4 Å². The van der Waals surface area contributed by atoms with E-state index in [0.717, 1.165) is 12.1 Å². The molecule has 0 aliphatic carbocycles. The van der Waals surface area contributed by atoms with Crippen LogP contribution in [0.4, 0.5) is 0 Å². The van der Waals surface area contributed by atoms with Crippen LogP contribution in [0, 0.1) is 0 Å². The number of aromatic nitrogens is 5. The average Bonchev–Trinajstić information content (AvgIpc) is 3.32. The van der Waals surface area contributed by atoms with Gasteiger partial charge in [0.15, 0.2) is 0 Å². The molecule has 0 bridgehead atoms. The number of benzene rings is 1. The van der Waals surface area contributed by atoms with E-state index < -0.39 is 0 Å². The number of hydrogen-bond donors (Lipinski definition) is 3. The van der Waals surface area contributed by atoms with Gasteiger partial charge in [-0.3, -0.25) is 4.79 Å². The molecule has 10 heteroatoms. The molecule has 0 radical (unpaired) electrons. The molecule has 1 atom stereocenters. The highest BCUT2D eigenvalue weighted by molar-refractivity contribution is 6.35. The third kappa shape index (κ3) is 2.81. The van der Waals surface area contributed by atoms with Crippen LogP contribution in [0.5, 0.6) is 0 Å². The third-order valence-corrected chi connectivity index (χ3v) is 4.71. The molecular weight excluding hydrogens is 346 g/mol. The Hall–Kier alpha value is -2.65. The Balaban J connectivity index is 1.56. The Morgan fingerprint density at radius 1 is 1.40 bits per heavy atom. The number of nitrogens with two attached hydrogens (primary N) is 1. The monoisotopic (exact) mass is 361 g/mol. The molecule has 3 aromatic rings. The largest absolute Gasteiger partial charge is 0.336 e. The summed E-state index contributed by atoms with van der Waals surface area (Å²) >= 11 is 6.17. The highest BCUT2D eigenvalue weighted by atomic mass is 35.5. The smallest absolute Gasteiger partial charge is 0.323 e. The highest BCUT2D eigenvalue weighted by Gasteiger charge is 2.29. The van der Waals surface area contributed by atoms with Crippen molar-refractivity contribution in [2.45, 2.75) is 19.0 Å². The first kappa shape index (κ1) is 15.9. The molecule has 1 aliphatic heterocycles. The lowest BCUT2D eigenvalue weighted by molar-refractivity contribution is 0.0787. The molecule has 1 saturated heterocycles. The van der Waals surface area contributed by atoms with Gasteiger partial charge in [0.1, 0.15) is 0 Å². The van der Waals surface area contributed by atoms with Crippen LogP contribution in [0.1, 0.15) is 28.5 Å². The Morgan fingerprint density at radius 2 is 2.24 bits per heavy atom. The molecule has 3 heterocycles. The van der Waals surface area contributed by atoms with Crippen molar-refractivity contribution in [2.75, 3.05) is 13.1 Å². The lowest BCUT2D eigenvalue weighted by Crippen LogP contribution is -2.29. The molecule has 4 rings (SSSR count). The van der Waals surface area contributed by atoms with Gasteiger partial charge < -0.3 is 20.6 Å². The third-order valence-electron chi connectivity index (χ3n) is 4.42. The van der Waals surface area contributed by atoms with Crippen LogP contribution in [-0.2, 0) is 6.54 Å². The van der Waals surface area contributed by atoms with Gasteiger partial charge in [0, 0.05) is 25.2 Å². The summed E-state index contributed by atoms with van der Waals surface area (Å²) in [7, 11) is 0. The summed E-state index contributed by atoms with van der Waals surface area (Å²) in [6, 6.07) is 3.28. The molecule has 9 nitrogen and oxygen atoms in total. The summed E-state index contributed by atoms with van der Waals surface area (Å²) in [6.45, 7) is 1.48. The van der Waals surface area contributed by atoms with E-state index in [-0.39, 0.29) is 17.6 Å². The van der Waals surface area contributed by atoms with E-state index in [2.05, 4.69) is 20.3 Å². The molecule has 2 aromatic heterocycles. The van der Waals surface area contributed by atoms with Crippen LogP contribution in [0.3, 0.4) is 0 Å². The molecule has 1 fully saturated rings. The van der Waals surface area contributed by atoms with Gasteiger partial charge in [-0.25, -0.2) is 9.48 Å². The van der Waals surface area contributed by atoms with E-state index in [1.54, 1.807) is 21.7 Å². The molecule has 4 N–H and O–H groups in total. The Labute approximate surface area is 146 Å². The van der Waals surface area contributed by atoms with Crippen LogP contribution in [0.15, 0.2) is 23.1 Å². The normalized spacial score (nSPS) is 17.5. The Bertz CT molecular complexity index is 1000. The van der Waals surface area contributed by atoms with Crippen molar-refractivity contribution >= 4 is 28.5 Å². The summed E-state index contributed by atoms with van der Waals surface area (Å²) in [6.07, 6.45) is 2.60. The fraction of sp³-hybridized carbons (Fsp3) is 0.333. The zero-order valence-corrected chi connectivity index (χ0v) is 14.0. The SMILES string of the molecule is NCc1cn(C2CCN(C(=O)c3cc(Cl)c4[nH]c(=O)[nH]c4c3)C2)nn1. The molecule has 1 aromatic carbocycles. The fourth-order valence-corrected chi connectivity index (χ4v) is 3.40. The maximum atomic E-state index is 12.8. The van der Waals surface area contributed by atoms with Crippen molar-refractivity contribution in [3.05, 3.63) is 45.1 Å². The molecule has 130 valence electrons. The number of H-pyrrole nitrogens is 2. The molecule has 0 spiro atoms. The summed E-state index contributed by atoms with van der Waals surface area (Å²) < 4.78 is 1.76. The van der Waals surface area contributed by atoms with Crippen molar-refractivity contribution in [1.29, 1.82) is 0 Å². The van der Waals surface area contributed by atoms with Crippen LogP contribution >= 0.6 is 11.6 Å². The maximum Gasteiger partial charge on any atom is 0.323 e. The number of carbonyl (C=O) groups excluding carboxylic acids is 1. The minimum atomic E-state index is -0.357. The highest BCUT2D eigenvalue weighted by Crippen LogP contribution is 2.26. The summed E-state index contributed by atoms with van der Waals surface area (Å²) in [5.74, 6) is -0.132. The second kappa shape index (κ2) is 6.01. The molecule has 0 saturated carbocycles. The minimum Gasteiger partial charge on any atom is -0.336 e. The van der Waals surface area contributed by atoms with E-state index >= 15 is 0 Å². The van der Waals surface area contributed by atoms with Gasteiger partial charge in [0.05, 0.1) is 34.0 Å². The fourth-order valence-electron chi connectivity index (χ4n) is 3.13. The predicted octanol–water partition coefficient (Wildman–Crippen LogP) is 0.647. The van der Waals surface area contributed by atoms with Crippen molar-refractivity contribution in [2.24, 2.45) is 5.73 Å². The number of aromatic amines is 2. The summed E-state index contributed by atoms with van der Waals surface area (Å²) in [4.78, 5) is 31.2. The van der Waals surface area contributed by atoms with Crippen molar-refractivity contribution in [1.82, 2.24) is 29.9 Å². The number of nitrogens with one attached hydrogen (secondary N) is 2. The number of imidazole rings is 1. The topological polar surface area (TPSA) is 126 Å². The molecule has 1 unspecified atom stereocenters.